The summed E-state index contributed by atoms with van der Waals surface area (Å²) in [6, 6.07) is 11.2. The van der Waals surface area contributed by atoms with Crippen LogP contribution in [0.2, 0.25) is 0 Å². The lowest BCUT2D eigenvalue weighted by molar-refractivity contribution is 0.0590. The molecule has 0 saturated heterocycles. The molecule has 1 aromatic heterocycles. The fraction of sp³-hybridized carbons (Fsp3) is 0.312. The molecule has 0 amide bonds. The van der Waals surface area contributed by atoms with Gasteiger partial charge in [-0.2, -0.15) is 0 Å². The number of aryl methyl sites for hydroxylation is 2. The first-order valence-corrected chi connectivity index (χ1v) is 8.70. The third-order valence-corrected chi connectivity index (χ3v) is 4.89. The van der Waals surface area contributed by atoms with Crippen molar-refractivity contribution in [1.82, 2.24) is 9.29 Å². The van der Waals surface area contributed by atoms with Gasteiger partial charge < -0.3 is 9.30 Å². The van der Waals surface area contributed by atoms with Crippen molar-refractivity contribution in [3.8, 4) is 0 Å². The minimum absolute atomic E-state index is 0.0557. The lowest BCUT2D eigenvalue weighted by Crippen LogP contribution is -2.24. The van der Waals surface area contributed by atoms with E-state index in [0.717, 1.165) is 6.42 Å². The first kappa shape index (κ1) is 17.2. The topological polar surface area (TPSA) is 77.4 Å². The van der Waals surface area contributed by atoms with Gasteiger partial charge in [-0.3, -0.25) is 0 Å². The van der Waals surface area contributed by atoms with Crippen LogP contribution >= 0.6 is 0 Å². The third-order valence-electron chi connectivity index (χ3n) is 3.46. The zero-order valence-electron chi connectivity index (χ0n) is 13.2. The molecule has 0 saturated carbocycles. The Morgan fingerprint density at radius 1 is 1.26 bits per heavy atom. The van der Waals surface area contributed by atoms with E-state index >= 15 is 0 Å². The largest absolute Gasteiger partial charge is 0.464 e. The molecule has 2 aromatic rings. The molecular weight excluding hydrogens is 316 g/mol. The predicted octanol–water partition coefficient (Wildman–Crippen LogP) is 1.72. The molecule has 0 aliphatic rings. The molecule has 7 heteroatoms. The Balaban J connectivity index is 1.95. The van der Waals surface area contributed by atoms with Crippen molar-refractivity contribution in [2.75, 3.05) is 13.7 Å². The van der Waals surface area contributed by atoms with Gasteiger partial charge in [0.05, 0.1) is 7.11 Å². The van der Waals surface area contributed by atoms with Crippen molar-refractivity contribution in [2.24, 2.45) is 7.05 Å². The van der Waals surface area contributed by atoms with Gasteiger partial charge in [-0.1, -0.05) is 30.3 Å². The van der Waals surface area contributed by atoms with Gasteiger partial charge in [-0.05, 0) is 24.5 Å². The number of ether oxygens (including phenoxy) is 1. The normalized spacial score (nSPS) is 11.4. The van der Waals surface area contributed by atoms with Crippen molar-refractivity contribution < 1.29 is 17.9 Å². The molecule has 0 aliphatic carbocycles. The molecule has 0 atom stereocenters. The molecule has 0 spiro atoms. The number of sulfonamides is 1. The molecule has 23 heavy (non-hydrogen) atoms. The van der Waals surface area contributed by atoms with Crippen LogP contribution in [0.25, 0.3) is 0 Å². The highest BCUT2D eigenvalue weighted by Crippen LogP contribution is 2.14. The van der Waals surface area contributed by atoms with Crippen LogP contribution in [0.3, 0.4) is 0 Å². The predicted molar refractivity (Wildman–Crippen MR) is 86.7 cm³/mol. The fourth-order valence-corrected chi connectivity index (χ4v) is 3.36. The molecule has 0 fully saturated rings. The maximum absolute atomic E-state index is 12.2. The Kier molecular flexibility index (Phi) is 5.57. The summed E-state index contributed by atoms with van der Waals surface area (Å²) < 4.78 is 33.1. The summed E-state index contributed by atoms with van der Waals surface area (Å²) in [5, 5.41) is 0. The molecule has 0 radical (unpaired) electrons. The van der Waals surface area contributed by atoms with E-state index < -0.39 is 16.0 Å². The summed E-state index contributed by atoms with van der Waals surface area (Å²) in [6.07, 6.45) is 2.89. The van der Waals surface area contributed by atoms with E-state index in [1.54, 1.807) is 7.05 Å². The Morgan fingerprint density at radius 2 is 1.96 bits per heavy atom. The van der Waals surface area contributed by atoms with Gasteiger partial charge in [0.2, 0.25) is 10.0 Å². The molecule has 6 nitrogen and oxygen atoms in total. The van der Waals surface area contributed by atoms with E-state index in [9.17, 15) is 13.2 Å². The monoisotopic (exact) mass is 336 g/mol. The molecule has 1 N–H and O–H groups in total. The van der Waals surface area contributed by atoms with Gasteiger partial charge in [-0.15, -0.1) is 0 Å². The second-order valence-corrected chi connectivity index (χ2v) is 6.92. The number of methoxy groups -OCH3 is 1. The second kappa shape index (κ2) is 7.43. The quantitative estimate of drug-likeness (QED) is 0.617. The van der Waals surface area contributed by atoms with Crippen LogP contribution in [0.15, 0.2) is 47.5 Å². The van der Waals surface area contributed by atoms with E-state index in [1.807, 2.05) is 30.3 Å². The third kappa shape index (κ3) is 4.43. The highest BCUT2D eigenvalue weighted by molar-refractivity contribution is 7.89. The summed E-state index contributed by atoms with van der Waals surface area (Å²) in [4.78, 5) is 11.6. The molecule has 0 bridgehead atoms. The van der Waals surface area contributed by atoms with E-state index in [0.29, 0.717) is 13.0 Å². The maximum atomic E-state index is 12.2. The fourth-order valence-electron chi connectivity index (χ4n) is 2.22. The van der Waals surface area contributed by atoms with Crippen molar-refractivity contribution >= 4 is 16.0 Å². The SMILES string of the molecule is COC(=O)c1cc(S(=O)(=O)NCCCc2ccccc2)cn1C. The molecule has 1 heterocycles. The molecule has 124 valence electrons. The lowest BCUT2D eigenvalue weighted by atomic mass is 10.1. The molecule has 0 aliphatic heterocycles. The van der Waals surface area contributed by atoms with Crippen molar-refractivity contribution in [3.05, 3.63) is 53.9 Å². The van der Waals surface area contributed by atoms with Crippen molar-refractivity contribution in [2.45, 2.75) is 17.7 Å². The van der Waals surface area contributed by atoms with Crippen LogP contribution < -0.4 is 4.72 Å². The van der Waals surface area contributed by atoms with Crippen LogP contribution in [0.1, 0.15) is 22.5 Å². The van der Waals surface area contributed by atoms with Crippen LogP contribution in [0.4, 0.5) is 0 Å². The highest BCUT2D eigenvalue weighted by Gasteiger charge is 2.20. The number of hydrogen-bond donors (Lipinski definition) is 1. The standard InChI is InChI=1S/C16H20N2O4S/c1-18-12-14(11-15(18)16(19)22-2)23(20,21)17-10-6-9-13-7-4-3-5-8-13/h3-5,7-8,11-12,17H,6,9-10H2,1-2H3. The average molecular weight is 336 g/mol. The Labute approximate surface area is 136 Å². The second-order valence-electron chi connectivity index (χ2n) is 5.15. The van der Waals surface area contributed by atoms with Gasteiger partial charge in [0, 0.05) is 19.8 Å². The first-order chi connectivity index (χ1) is 10.9. The highest BCUT2D eigenvalue weighted by atomic mass is 32.2. The van der Waals surface area contributed by atoms with Crippen LogP contribution in [-0.2, 0) is 28.2 Å². The van der Waals surface area contributed by atoms with Gasteiger partial charge in [0.15, 0.2) is 0 Å². The minimum atomic E-state index is -3.64. The minimum Gasteiger partial charge on any atom is -0.464 e. The number of hydrogen-bond acceptors (Lipinski definition) is 4. The number of nitrogens with one attached hydrogen (secondary N) is 1. The molecule has 1 aromatic carbocycles. The number of carbonyl (C=O) groups excluding carboxylic acids is 1. The van der Waals surface area contributed by atoms with E-state index in [2.05, 4.69) is 9.46 Å². The number of carbonyl (C=O) groups is 1. The van der Waals surface area contributed by atoms with E-state index in [1.165, 1.54) is 29.5 Å². The zero-order chi connectivity index (χ0) is 16.9. The molecule has 0 unspecified atom stereocenters. The van der Waals surface area contributed by atoms with Crippen LogP contribution in [0.5, 0.6) is 0 Å². The Hall–Kier alpha value is -2.12. The summed E-state index contributed by atoms with van der Waals surface area (Å²) in [5.74, 6) is -0.571. The Morgan fingerprint density at radius 3 is 2.61 bits per heavy atom. The number of rotatable bonds is 7. The summed E-state index contributed by atoms with van der Waals surface area (Å²) in [5.41, 5.74) is 1.36. The van der Waals surface area contributed by atoms with E-state index in [4.69, 9.17) is 0 Å². The van der Waals surface area contributed by atoms with E-state index in [-0.39, 0.29) is 10.6 Å². The van der Waals surface area contributed by atoms with Gasteiger partial charge >= 0.3 is 5.97 Å². The van der Waals surface area contributed by atoms with Crippen LogP contribution in [0, 0.1) is 0 Å². The van der Waals surface area contributed by atoms with Gasteiger partial charge in [0.1, 0.15) is 10.6 Å². The van der Waals surface area contributed by atoms with Gasteiger partial charge in [0.25, 0.3) is 0 Å². The smallest absolute Gasteiger partial charge is 0.354 e. The summed E-state index contributed by atoms with van der Waals surface area (Å²) in [7, 11) is -0.784. The van der Waals surface area contributed by atoms with Crippen molar-refractivity contribution in [3.63, 3.8) is 0 Å². The number of benzene rings is 1. The number of aromatic nitrogens is 1. The van der Waals surface area contributed by atoms with Crippen molar-refractivity contribution in [1.29, 1.82) is 0 Å². The Bertz CT molecular complexity index is 767. The molecule has 2 rings (SSSR count). The van der Waals surface area contributed by atoms with Crippen LogP contribution in [-0.4, -0.2) is 32.6 Å². The average Bonchev–Trinajstić information content (AvgIpc) is 2.95. The summed E-state index contributed by atoms with van der Waals surface area (Å²) >= 11 is 0. The zero-order valence-corrected chi connectivity index (χ0v) is 14.0. The number of nitrogens with zero attached hydrogens (tertiary/aromatic N) is 1. The lowest BCUT2D eigenvalue weighted by Gasteiger charge is -2.05. The first-order valence-electron chi connectivity index (χ1n) is 7.22. The van der Waals surface area contributed by atoms with Gasteiger partial charge in [-0.25, -0.2) is 17.9 Å². The summed E-state index contributed by atoms with van der Waals surface area (Å²) in [6.45, 7) is 0.333. The number of esters is 1. The maximum Gasteiger partial charge on any atom is 0.354 e. The molecular formula is C16H20N2O4S.